The summed E-state index contributed by atoms with van der Waals surface area (Å²) in [7, 11) is -2.08. The number of hydrogen-bond donors (Lipinski definition) is 2. The standard InChI is InChI=1S/C20H26N2O4S/c1-26-16-15-22-27(24,25)19-12-10-18(11-13-19)20(23)21-14-6-5-9-17-7-3-2-4-8-17/h2-4,7-8,10-13,22H,5-6,9,14-16H2,1H3,(H,21,23). The van der Waals surface area contributed by atoms with Crippen molar-refractivity contribution in [2.75, 3.05) is 26.8 Å². The molecule has 0 saturated carbocycles. The van der Waals surface area contributed by atoms with Gasteiger partial charge in [0, 0.05) is 25.8 Å². The zero-order chi connectivity index (χ0) is 19.5. The van der Waals surface area contributed by atoms with Crippen LogP contribution in [0, 0.1) is 0 Å². The van der Waals surface area contributed by atoms with Gasteiger partial charge in [-0.25, -0.2) is 13.1 Å². The summed E-state index contributed by atoms with van der Waals surface area (Å²) in [4.78, 5) is 12.3. The Morgan fingerprint density at radius 2 is 1.67 bits per heavy atom. The van der Waals surface area contributed by atoms with Gasteiger partial charge >= 0.3 is 0 Å². The largest absolute Gasteiger partial charge is 0.383 e. The number of carbonyl (C=O) groups is 1. The molecule has 0 heterocycles. The number of rotatable bonds is 11. The van der Waals surface area contributed by atoms with Gasteiger partial charge in [0.2, 0.25) is 10.0 Å². The summed E-state index contributed by atoms with van der Waals surface area (Å²) < 4.78 is 31.4. The smallest absolute Gasteiger partial charge is 0.251 e. The minimum absolute atomic E-state index is 0.123. The molecule has 0 spiro atoms. The molecule has 2 N–H and O–H groups in total. The third-order valence-electron chi connectivity index (χ3n) is 4.05. The van der Waals surface area contributed by atoms with E-state index in [1.54, 1.807) is 0 Å². The number of sulfonamides is 1. The number of aryl methyl sites for hydroxylation is 1. The first-order valence-electron chi connectivity index (χ1n) is 8.94. The van der Waals surface area contributed by atoms with Gasteiger partial charge in [0.25, 0.3) is 5.91 Å². The van der Waals surface area contributed by atoms with Crippen LogP contribution < -0.4 is 10.0 Å². The number of carbonyl (C=O) groups excluding carboxylic acids is 1. The SMILES string of the molecule is COCCNS(=O)(=O)c1ccc(C(=O)NCCCCc2ccccc2)cc1. The van der Waals surface area contributed by atoms with Gasteiger partial charge in [-0.1, -0.05) is 30.3 Å². The zero-order valence-corrected chi connectivity index (χ0v) is 16.3. The van der Waals surface area contributed by atoms with Gasteiger partial charge in [-0.05, 0) is 49.1 Å². The molecule has 1 amide bonds. The molecule has 146 valence electrons. The Bertz CT molecular complexity index is 806. The molecular weight excluding hydrogens is 364 g/mol. The zero-order valence-electron chi connectivity index (χ0n) is 15.5. The van der Waals surface area contributed by atoms with E-state index in [1.807, 2.05) is 18.2 Å². The predicted molar refractivity (Wildman–Crippen MR) is 105 cm³/mol. The predicted octanol–water partition coefficient (Wildman–Crippen LogP) is 2.36. The fraction of sp³-hybridized carbons (Fsp3) is 0.350. The van der Waals surface area contributed by atoms with Crippen LogP contribution in [0.4, 0.5) is 0 Å². The van der Waals surface area contributed by atoms with E-state index in [0.717, 1.165) is 19.3 Å². The summed E-state index contributed by atoms with van der Waals surface area (Å²) in [5.41, 5.74) is 1.73. The Kier molecular flexibility index (Phi) is 8.44. The number of ether oxygens (including phenoxy) is 1. The van der Waals surface area contributed by atoms with E-state index in [0.29, 0.717) is 18.7 Å². The van der Waals surface area contributed by atoms with E-state index in [-0.39, 0.29) is 17.3 Å². The molecule has 0 saturated heterocycles. The highest BCUT2D eigenvalue weighted by Gasteiger charge is 2.14. The summed E-state index contributed by atoms with van der Waals surface area (Å²) in [5, 5.41) is 2.86. The van der Waals surface area contributed by atoms with Crippen LogP contribution in [0.5, 0.6) is 0 Å². The van der Waals surface area contributed by atoms with Crippen LogP contribution in [-0.2, 0) is 21.2 Å². The maximum absolute atomic E-state index is 12.2. The summed E-state index contributed by atoms with van der Waals surface area (Å²) in [6.07, 6.45) is 2.87. The van der Waals surface area contributed by atoms with Crippen molar-refractivity contribution in [3.8, 4) is 0 Å². The molecule has 6 nitrogen and oxygen atoms in total. The molecule has 27 heavy (non-hydrogen) atoms. The van der Waals surface area contributed by atoms with Crippen LogP contribution in [0.1, 0.15) is 28.8 Å². The molecule has 2 aromatic rings. The number of nitrogens with one attached hydrogen (secondary N) is 2. The van der Waals surface area contributed by atoms with E-state index in [9.17, 15) is 13.2 Å². The first-order valence-corrected chi connectivity index (χ1v) is 10.4. The van der Waals surface area contributed by atoms with Crippen molar-refractivity contribution in [3.05, 3.63) is 65.7 Å². The molecule has 0 aliphatic rings. The molecule has 0 radical (unpaired) electrons. The Morgan fingerprint density at radius 3 is 2.33 bits per heavy atom. The molecule has 2 rings (SSSR count). The molecule has 0 aromatic heterocycles. The fourth-order valence-electron chi connectivity index (χ4n) is 2.55. The first kappa shape index (κ1) is 21.1. The fourth-order valence-corrected chi connectivity index (χ4v) is 3.56. The van der Waals surface area contributed by atoms with Gasteiger partial charge in [-0.15, -0.1) is 0 Å². The second-order valence-corrected chi connectivity index (χ2v) is 7.88. The average Bonchev–Trinajstić information content (AvgIpc) is 2.68. The van der Waals surface area contributed by atoms with Crippen LogP contribution in [0.25, 0.3) is 0 Å². The molecule has 0 aliphatic carbocycles. The van der Waals surface area contributed by atoms with Crippen molar-refractivity contribution in [1.29, 1.82) is 0 Å². The quantitative estimate of drug-likeness (QED) is 0.577. The molecule has 7 heteroatoms. The number of unbranched alkanes of at least 4 members (excludes halogenated alkanes) is 1. The normalized spacial score (nSPS) is 11.3. The molecule has 2 aromatic carbocycles. The van der Waals surface area contributed by atoms with Crippen LogP contribution in [0.2, 0.25) is 0 Å². The lowest BCUT2D eigenvalue weighted by Gasteiger charge is -2.08. The number of amides is 1. The highest BCUT2D eigenvalue weighted by molar-refractivity contribution is 7.89. The van der Waals surface area contributed by atoms with Crippen LogP contribution in [0.15, 0.2) is 59.5 Å². The van der Waals surface area contributed by atoms with E-state index in [4.69, 9.17) is 4.74 Å². The summed E-state index contributed by atoms with van der Waals surface area (Å²) in [6.45, 7) is 1.08. The average molecular weight is 391 g/mol. The van der Waals surface area contributed by atoms with Crippen molar-refractivity contribution >= 4 is 15.9 Å². The van der Waals surface area contributed by atoms with Gasteiger partial charge in [-0.2, -0.15) is 0 Å². The van der Waals surface area contributed by atoms with Crippen molar-refractivity contribution in [1.82, 2.24) is 10.0 Å². The second kappa shape index (κ2) is 10.8. The Labute approximate surface area is 161 Å². The molecule has 0 unspecified atom stereocenters. The van der Waals surface area contributed by atoms with Crippen LogP contribution in [0.3, 0.4) is 0 Å². The highest BCUT2D eigenvalue weighted by atomic mass is 32.2. The Morgan fingerprint density at radius 1 is 0.963 bits per heavy atom. The molecular formula is C20H26N2O4S. The first-order chi connectivity index (χ1) is 13.0. The Hall–Kier alpha value is -2.22. The van der Waals surface area contributed by atoms with Crippen molar-refractivity contribution in [3.63, 3.8) is 0 Å². The number of hydrogen-bond acceptors (Lipinski definition) is 4. The highest BCUT2D eigenvalue weighted by Crippen LogP contribution is 2.10. The maximum atomic E-state index is 12.2. The summed E-state index contributed by atoms with van der Waals surface area (Å²) in [6, 6.07) is 16.1. The maximum Gasteiger partial charge on any atom is 0.251 e. The topological polar surface area (TPSA) is 84.5 Å². The van der Waals surface area contributed by atoms with E-state index in [2.05, 4.69) is 22.2 Å². The van der Waals surface area contributed by atoms with Gasteiger partial charge in [0.05, 0.1) is 11.5 Å². The van der Waals surface area contributed by atoms with Gasteiger partial charge < -0.3 is 10.1 Å². The van der Waals surface area contributed by atoms with Crippen LogP contribution >= 0.6 is 0 Å². The second-order valence-electron chi connectivity index (χ2n) is 6.11. The molecule has 0 bridgehead atoms. The minimum Gasteiger partial charge on any atom is -0.383 e. The summed E-state index contributed by atoms with van der Waals surface area (Å²) in [5.74, 6) is -0.203. The molecule has 0 aliphatic heterocycles. The van der Waals surface area contributed by atoms with Crippen LogP contribution in [-0.4, -0.2) is 41.1 Å². The van der Waals surface area contributed by atoms with E-state index in [1.165, 1.54) is 36.9 Å². The van der Waals surface area contributed by atoms with Gasteiger partial charge in [0.1, 0.15) is 0 Å². The lowest BCUT2D eigenvalue weighted by atomic mass is 10.1. The van der Waals surface area contributed by atoms with E-state index < -0.39 is 10.0 Å². The molecule has 0 fully saturated rings. The van der Waals surface area contributed by atoms with Crippen molar-refractivity contribution in [2.24, 2.45) is 0 Å². The van der Waals surface area contributed by atoms with Crippen molar-refractivity contribution in [2.45, 2.75) is 24.2 Å². The number of methoxy groups -OCH3 is 1. The number of benzene rings is 2. The third-order valence-corrected chi connectivity index (χ3v) is 5.52. The van der Waals surface area contributed by atoms with Gasteiger partial charge in [0.15, 0.2) is 0 Å². The van der Waals surface area contributed by atoms with Gasteiger partial charge in [-0.3, -0.25) is 4.79 Å². The monoisotopic (exact) mass is 390 g/mol. The molecule has 0 atom stereocenters. The van der Waals surface area contributed by atoms with Crippen molar-refractivity contribution < 1.29 is 17.9 Å². The minimum atomic E-state index is -3.59. The van der Waals surface area contributed by atoms with E-state index >= 15 is 0 Å². The summed E-state index contributed by atoms with van der Waals surface area (Å²) >= 11 is 0. The lowest BCUT2D eigenvalue weighted by Crippen LogP contribution is -2.27. The lowest BCUT2D eigenvalue weighted by molar-refractivity contribution is 0.0953. The Balaban J connectivity index is 1.76. The third kappa shape index (κ3) is 7.13.